The van der Waals surface area contributed by atoms with Crippen LogP contribution in [0.4, 0.5) is 0 Å². The SMILES string of the molecule is COc1cc(/C=C/C(=O)O[C@H](C(=O)O)[C@](O)(Cc2ccc(O)c(OC)c2)C(=O)O)ccc1O. The van der Waals surface area contributed by atoms with Crippen LogP contribution in [-0.4, -0.2) is 69.4 Å². The maximum absolute atomic E-state index is 12.2. The monoisotopic (exact) mass is 462 g/mol. The van der Waals surface area contributed by atoms with Gasteiger partial charge in [-0.1, -0.05) is 12.1 Å². The zero-order valence-corrected chi connectivity index (χ0v) is 17.6. The van der Waals surface area contributed by atoms with Crippen molar-refractivity contribution in [2.24, 2.45) is 0 Å². The van der Waals surface area contributed by atoms with Crippen molar-refractivity contribution in [1.82, 2.24) is 0 Å². The third-order valence-corrected chi connectivity index (χ3v) is 4.60. The Morgan fingerprint density at radius 2 is 1.55 bits per heavy atom. The van der Waals surface area contributed by atoms with Crippen molar-refractivity contribution in [3.8, 4) is 23.0 Å². The number of carboxylic acid groups (broad SMARTS) is 2. The Labute approximate surface area is 187 Å². The lowest BCUT2D eigenvalue weighted by Gasteiger charge is -2.29. The number of hydrogen-bond acceptors (Lipinski definition) is 9. The van der Waals surface area contributed by atoms with Crippen LogP contribution in [0.15, 0.2) is 42.5 Å². The van der Waals surface area contributed by atoms with E-state index >= 15 is 0 Å². The summed E-state index contributed by atoms with van der Waals surface area (Å²) in [4.78, 5) is 35.7. The Morgan fingerprint density at radius 1 is 0.970 bits per heavy atom. The van der Waals surface area contributed by atoms with Crippen LogP contribution in [0.3, 0.4) is 0 Å². The van der Waals surface area contributed by atoms with Crippen LogP contribution in [0.5, 0.6) is 23.0 Å². The minimum absolute atomic E-state index is 0.0311. The number of carboxylic acids is 2. The maximum atomic E-state index is 12.2. The van der Waals surface area contributed by atoms with Gasteiger partial charge in [-0.3, -0.25) is 0 Å². The number of phenols is 2. The van der Waals surface area contributed by atoms with E-state index in [1.54, 1.807) is 0 Å². The number of ether oxygens (including phenoxy) is 3. The summed E-state index contributed by atoms with van der Waals surface area (Å²) in [6.45, 7) is 0. The lowest BCUT2D eigenvalue weighted by atomic mass is 9.88. The largest absolute Gasteiger partial charge is 0.504 e. The number of rotatable bonds is 10. The zero-order valence-electron chi connectivity index (χ0n) is 17.6. The van der Waals surface area contributed by atoms with Gasteiger partial charge in [0.2, 0.25) is 11.7 Å². The van der Waals surface area contributed by atoms with E-state index in [4.69, 9.17) is 14.2 Å². The number of carbonyl (C=O) groups is 3. The van der Waals surface area contributed by atoms with E-state index in [2.05, 4.69) is 0 Å². The summed E-state index contributed by atoms with van der Waals surface area (Å²) in [5, 5.41) is 49.0. The number of hydrogen-bond donors (Lipinski definition) is 5. The first-order valence-electron chi connectivity index (χ1n) is 9.32. The Kier molecular flexibility index (Phi) is 7.86. The molecule has 0 saturated heterocycles. The predicted octanol–water partition coefficient (Wildman–Crippen LogP) is 1.18. The molecule has 176 valence electrons. The van der Waals surface area contributed by atoms with Crippen LogP contribution >= 0.6 is 0 Å². The van der Waals surface area contributed by atoms with Gasteiger partial charge in [-0.25, -0.2) is 14.4 Å². The van der Waals surface area contributed by atoms with Crippen molar-refractivity contribution in [1.29, 1.82) is 0 Å². The van der Waals surface area contributed by atoms with Crippen LogP contribution in [-0.2, 0) is 25.5 Å². The lowest BCUT2D eigenvalue weighted by Crippen LogP contribution is -2.56. The van der Waals surface area contributed by atoms with Crippen LogP contribution < -0.4 is 9.47 Å². The molecular weight excluding hydrogens is 440 g/mol. The van der Waals surface area contributed by atoms with Gasteiger partial charge in [0.05, 0.1) is 14.2 Å². The first-order valence-corrected chi connectivity index (χ1v) is 9.32. The average Bonchev–Trinajstić information content (AvgIpc) is 2.77. The number of esters is 1. The van der Waals surface area contributed by atoms with Crippen molar-refractivity contribution >= 4 is 24.0 Å². The molecule has 0 aliphatic rings. The van der Waals surface area contributed by atoms with Gasteiger partial charge >= 0.3 is 17.9 Å². The molecule has 0 fully saturated rings. The maximum Gasteiger partial charge on any atom is 0.348 e. The van der Waals surface area contributed by atoms with Gasteiger partial charge in [-0.15, -0.1) is 0 Å². The minimum Gasteiger partial charge on any atom is -0.504 e. The van der Waals surface area contributed by atoms with E-state index < -0.39 is 36.0 Å². The summed E-state index contributed by atoms with van der Waals surface area (Å²) in [5.41, 5.74) is -2.55. The number of aromatic hydroxyl groups is 2. The van der Waals surface area contributed by atoms with Crippen molar-refractivity contribution in [2.75, 3.05) is 14.2 Å². The highest BCUT2D eigenvalue weighted by Gasteiger charge is 2.51. The van der Waals surface area contributed by atoms with Crippen molar-refractivity contribution in [2.45, 2.75) is 18.1 Å². The Bertz CT molecular complexity index is 1080. The van der Waals surface area contributed by atoms with Crippen molar-refractivity contribution in [3.05, 3.63) is 53.6 Å². The third kappa shape index (κ3) is 5.92. The summed E-state index contributed by atoms with van der Waals surface area (Å²) in [6.07, 6.45) is -1.20. The molecule has 0 saturated carbocycles. The Balaban J connectivity index is 2.28. The molecule has 11 heteroatoms. The second kappa shape index (κ2) is 10.4. The van der Waals surface area contributed by atoms with Gasteiger partial charge in [-0.2, -0.15) is 0 Å². The predicted molar refractivity (Wildman–Crippen MR) is 112 cm³/mol. The average molecular weight is 462 g/mol. The van der Waals surface area contributed by atoms with Crippen LogP contribution in [0.1, 0.15) is 11.1 Å². The molecule has 0 heterocycles. The molecule has 2 rings (SSSR count). The molecule has 0 unspecified atom stereocenters. The quantitative estimate of drug-likeness (QED) is 0.253. The minimum atomic E-state index is -3.04. The van der Waals surface area contributed by atoms with Gasteiger partial charge in [0.25, 0.3) is 0 Å². The first-order chi connectivity index (χ1) is 15.5. The molecule has 5 N–H and O–H groups in total. The highest BCUT2D eigenvalue weighted by molar-refractivity contribution is 5.93. The molecule has 0 aliphatic carbocycles. The fourth-order valence-corrected chi connectivity index (χ4v) is 2.89. The fourth-order valence-electron chi connectivity index (χ4n) is 2.89. The van der Waals surface area contributed by atoms with Crippen LogP contribution in [0.25, 0.3) is 6.08 Å². The lowest BCUT2D eigenvalue weighted by molar-refractivity contribution is -0.192. The molecule has 0 radical (unpaired) electrons. The van der Waals surface area contributed by atoms with Gasteiger partial charge in [0.15, 0.2) is 23.0 Å². The molecule has 0 aliphatic heterocycles. The molecule has 0 amide bonds. The third-order valence-electron chi connectivity index (χ3n) is 4.60. The van der Waals surface area contributed by atoms with Gasteiger partial charge in [0.1, 0.15) is 0 Å². The summed E-state index contributed by atoms with van der Waals surface area (Å²) >= 11 is 0. The van der Waals surface area contributed by atoms with Crippen molar-refractivity contribution in [3.63, 3.8) is 0 Å². The summed E-state index contributed by atoms with van der Waals surface area (Å²) in [6, 6.07) is 7.76. The summed E-state index contributed by atoms with van der Waals surface area (Å²) < 4.78 is 14.6. The molecule has 0 aromatic heterocycles. The molecule has 0 spiro atoms. The molecule has 33 heavy (non-hydrogen) atoms. The molecular formula is C22H22O11. The highest BCUT2D eigenvalue weighted by Crippen LogP contribution is 2.30. The summed E-state index contributed by atoms with van der Waals surface area (Å²) in [5.74, 6) is -5.37. The standard InChI is InChI=1S/C22H22O11/c1-31-16-9-12(3-6-14(16)23)5-8-18(25)33-19(20(26)27)22(30,21(28)29)11-13-4-7-15(24)17(10-13)32-2/h3-10,19,23-24,30H,11H2,1-2H3,(H,26,27)(H,28,29)/b8-5+/t19-,22-/m1/s1. The number of benzene rings is 2. The van der Waals surface area contributed by atoms with E-state index in [1.807, 2.05) is 0 Å². The van der Waals surface area contributed by atoms with E-state index in [0.717, 1.165) is 6.08 Å². The first kappa shape index (κ1) is 25.0. The smallest absolute Gasteiger partial charge is 0.348 e. The number of phenolic OH excluding ortho intramolecular Hbond substituents is 2. The second-order valence-corrected chi connectivity index (χ2v) is 6.83. The van der Waals surface area contributed by atoms with E-state index in [0.29, 0.717) is 5.56 Å². The Hall–Kier alpha value is -4.25. The fraction of sp³-hybridized carbons (Fsp3) is 0.227. The molecule has 0 bridgehead atoms. The number of aliphatic hydroxyl groups is 1. The highest BCUT2D eigenvalue weighted by atomic mass is 16.6. The summed E-state index contributed by atoms with van der Waals surface area (Å²) in [7, 11) is 2.57. The number of aliphatic carboxylic acids is 2. The second-order valence-electron chi connectivity index (χ2n) is 6.83. The molecule has 2 atom stereocenters. The van der Waals surface area contributed by atoms with Gasteiger partial charge < -0.3 is 39.7 Å². The van der Waals surface area contributed by atoms with Crippen LogP contribution in [0.2, 0.25) is 0 Å². The van der Waals surface area contributed by atoms with Crippen LogP contribution in [0, 0.1) is 0 Å². The van der Waals surface area contributed by atoms with E-state index in [9.17, 15) is 39.9 Å². The molecule has 2 aromatic rings. The van der Waals surface area contributed by atoms with E-state index in [-0.39, 0.29) is 28.6 Å². The Morgan fingerprint density at radius 3 is 2.09 bits per heavy atom. The number of carbonyl (C=O) groups excluding carboxylic acids is 1. The topological polar surface area (TPSA) is 180 Å². The normalized spacial score (nSPS) is 13.7. The van der Waals surface area contributed by atoms with Gasteiger partial charge in [0, 0.05) is 12.5 Å². The van der Waals surface area contributed by atoms with Crippen molar-refractivity contribution < 1.29 is 54.1 Å². The van der Waals surface area contributed by atoms with Gasteiger partial charge in [-0.05, 0) is 41.5 Å². The van der Waals surface area contributed by atoms with E-state index in [1.165, 1.54) is 56.7 Å². The zero-order chi connectivity index (χ0) is 24.8. The molecule has 2 aromatic carbocycles. The molecule has 11 nitrogen and oxygen atoms in total. The number of methoxy groups -OCH3 is 2.